The molecule has 100 valence electrons. The molecular formula is C14H12BClN2OS. The third-order valence-corrected chi connectivity index (χ3v) is 4.28. The minimum absolute atomic E-state index is 0.600. The molecule has 0 saturated carbocycles. The summed E-state index contributed by atoms with van der Waals surface area (Å²) in [5, 5.41) is 15.4. The van der Waals surface area contributed by atoms with Crippen molar-refractivity contribution in [3.05, 3.63) is 53.1 Å². The van der Waals surface area contributed by atoms with E-state index >= 15 is 0 Å². The van der Waals surface area contributed by atoms with Gasteiger partial charge in [0.15, 0.2) is 0 Å². The summed E-state index contributed by atoms with van der Waals surface area (Å²) >= 11 is 7.78. The minimum atomic E-state index is -0.828. The maximum atomic E-state index is 10.5. The Morgan fingerprint density at radius 3 is 2.85 bits per heavy atom. The lowest BCUT2D eigenvalue weighted by Crippen LogP contribution is -2.50. The summed E-state index contributed by atoms with van der Waals surface area (Å²) in [6, 6.07) is 13.4. The number of hydrogen-bond acceptors (Lipinski definition) is 4. The second-order valence-electron chi connectivity index (χ2n) is 4.41. The Hall–Kier alpha value is -1.43. The summed E-state index contributed by atoms with van der Waals surface area (Å²) in [5.74, 6) is 0. The van der Waals surface area contributed by atoms with E-state index in [2.05, 4.69) is 5.10 Å². The van der Waals surface area contributed by atoms with Crippen LogP contribution in [0.3, 0.4) is 0 Å². The monoisotopic (exact) mass is 302 g/mol. The third-order valence-electron chi connectivity index (χ3n) is 3.23. The van der Waals surface area contributed by atoms with E-state index in [1.54, 1.807) is 29.0 Å². The first-order valence-corrected chi connectivity index (χ1v) is 7.75. The number of anilines is 1. The summed E-state index contributed by atoms with van der Waals surface area (Å²) in [6.07, 6.45) is 3.71. The van der Waals surface area contributed by atoms with E-state index in [1.165, 1.54) is 0 Å². The van der Waals surface area contributed by atoms with Crippen molar-refractivity contribution in [2.24, 2.45) is 5.10 Å². The highest BCUT2D eigenvalue weighted by atomic mass is 35.5. The zero-order valence-corrected chi connectivity index (χ0v) is 12.4. The number of hydrogen-bond donors (Lipinski definition) is 1. The van der Waals surface area contributed by atoms with Crippen molar-refractivity contribution in [1.29, 1.82) is 0 Å². The first-order valence-electron chi connectivity index (χ1n) is 6.14. The van der Waals surface area contributed by atoms with Gasteiger partial charge in [0.2, 0.25) is 0 Å². The van der Waals surface area contributed by atoms with Crippen LogP contribution in [0.2, 0.25) is 5.02 Å². The lowest BCUT2D eigenvalue weighted by molar-refractivity contribution is 0.578. The molecule has 1 N–H and O–H groups in total. The van der Waals surface area contributed by atoms with Crippen LogP contribution in [0.1, 0.15) is 5.56 Å². The first-order chi connectivity index (χ1) is 9.70. The van der Waals surface area contributed by atoms with Crippen molar-refractivity contribution in [3.63, 3.8) is 0 Å². The molecule has 0 atom stereocenters. The summed E-state index contributed by atoms with van der Waals surface area (Å²) < 4.78 is 0. The number of fused-ring (bicyclic) bond motifs is 1. The molecular weight excluding hydrogens is 290 g/mol. The van der Waals surface area contributed by atoms with E-state index in [0.717, 1.165) is 21.6 Å². The number of halogens is 1. The van der Waals surface area contributed by atoms with Crippen molar-refractivity contribution in [2.45, 2.75) is 4.90 Å². The predicted molar refractivity (Wildman–Crippen MR) is 87.4 cm³/mol. The van der Waals surface area contributed by atoms with Crippen LogP contribution in [-0.4, -0.2) is 24.5 Å². The van der Waals surface area contributed by atoms with Crippen molar-refractivity contribution < 1.29 is 5.02 Å². The number of nitrogens with zero attached hydrogens (tertiary/aromatic N) is 2. The van der Waals surface area contributed by atoms with Gasteiger partial charge in [-0.1, -0.05) is 29.8 Å². The molecule has 1 aliphatic heterocycles. The van der Waals surface area contributed by atoms with E-state index in [9.17, 15) is 5.02 Å². The van der Waals surface area contributed by atoms with Crippen molar-refractivity contribution >= 4 is 47.8 Å². The van der Waals surface area contributed by atoms with Gasteiger partial charge in [0.05, 0.1) is 6.21 Å². The van der Waals surface area contributed by atoms with E-state index in [-0.39, 0.29) is 0 Å². The second kappa shape index (κ2) is 5.52. The summed E-state index contributed by atoms with van der Waals surface area (Å²) in [6.45, 7) is 0. The SMILES string of the molecule is CSc1cccc(N2N=Cc3c(Cl)cccc3B2O)c1. The minimum Gasteiger partial charge on any atom is -0.427 e. The Morgan fingerprint density at radius 1 is 1.25 bits per heavy atom. The fourth-order valence-electron chi connectivity index (χ4n) is 2.19. The third kappa shape index (κ3) is 2.33. The Labute approximate surface area is 127 Å². The van der Waals surface area contributed by atoms with Gasteiger partial charge < -0.3 is 5.02 Å². The molecule has 0 amide bonds. The average Bonchev–Trinajstić information content (AvgIpc) is 2.48. The first kappa shape index (κ1) is 13.6. The van der Waals surface area contributed by atoms with Crippen LogP contribution in [0.5, 0.6) is 0 Å². The van der Waals surface area contributed by atoms with Crippen LogP contribution in [0, 0.1) is 0 Å². The van der Waals surface area contributed by atoms with Gasteiger partial charge in [-0.2, -0.15) is 5.10 Å². The highest BCUT2D eigenvalue weighted by Gasteiger charge is 2.31. The quantitative estimate of drug-likeness (QED) is 0.684. The molecule has 3 rings (SSSR count). The van der Waals surface area contributed by atoms with Gasteiger partial charge in [-0.25, -0.2) is 0 Å². The van der Waals surface area contributed by atoms with Gasteiger partial charge >= 0.3 is 7.05 Å². The number of benzene rings is 2. The van der Waals surface area contributed by atoms with Gasteiger partial charge in [0.1, 0.15) is 0 Å². The molecule has 6 heteroatoms. The van der Waals surface area contributed by atoms with Crippen LogP contribution >= 0.6 is 23.4 Å². The van der Waals surface area contributed by atoms with Gasteiger partial charge in [-0.15, -0.1) is 11.8 Å². The average molecular weight is 303 g/mol. The zero-order valence-electron chi connectivity index (χ0n) is 10.8. The van der Waals surface area contributed by atoms with Gasteiger partial charge in [0, 0.05) is 21.2 Å². The van der Waals surface area contributed by atoms with Crippen molar-refractivity contribution in [1.82, 2.24) is 0 Å². The van der Waals surface area contributed by atoms with E-state index in [1.807, 2.05) is 42.7 Å². The number of hydrazone groups is 1. The van der Waals surface area contributed by atoms with Crippen LogP contribution < -0.4 is 10.4 Å². The molecule has 1 heterocycles. The second-order valence-corrected chi connectivity index (χ2v) is 5.69. The number of thioether (sulfide) groups is 1. The molecule has 0 bridgehead atoms. The molecule has 0 spiro atoms. The standard InChI is InChI=1S/C14H12BClN2OS/c1-20-11-5-2-4-10(8-11)18-15(19)13-6-3-7-14(16)12(13)9-17-18/h2-9,19H,1H3. The summed E-state index contributed by atoms with van der Waals surface area (Å²) in [4.78, 5) is 2.72. The molecule has 0 aromatic heterocycles. The highest BCUT2D eigenvalue weighted by molar-refractivity contribution is 7.98. The molecule has 3 nitrogen and oxygen atoms in total. The van der Waals surface area contributed by atoms with Crippen LogP contribution in [0.4, 0.5) is 5.69 Å². The molecule has 0 unspecified atom stereocenters. The van der Waals surface area contributed by atoms with Gasteiger partial charge in [0.25, 0.3) is 0 Å². The van der Waals surface area contributed by atoms with E-state index in [0.29, 0.717) is 5.02 Å². The van der Waals surface area contributed by atoms with Crippen LogP contribution in [0.15, 0.2) is 52.5 Å². The van der Waals surface area contributed by atoms with Crippen molar-refractivity contribution in [3.8, 4) is 0 Å². The van der Waals surface area contributed by atoms with Crippen LogP contribution in [-0.2, 0) is 0 Å². The summed E-state index contributed by atoms with van der Waals surface area (Å²) in [5.41, 5.74) is 2.40. The molecule has 2 aromatic carbocycles. The lowest BCUT2D eigenvalue weighted by atomic mass is 9.69. The molecule has 0 aliphatic carbocycles. The Bertz CT molecular complexity index is 680. The largest absolute Gasteiger partial charge is 0.471 e. The maximum Gasteiger partial charge on any atom is 0.471 e. The molecule has 2 aromatic rings. The topological polar surface area (TPSA) is 35.8 Å². The normalized spacial score (nSPS) is 13.6. The van der Waals surface area contributed by atoms with Gasteiger partial charge in [-0.3, -0.25) is 4.92 Å². The highest BCUT2D eigenvalue weighted by Crippen LogP contribution is 2.25. The Kier molecular flexibility index (Phi) is 3.74. The van der Waals surface area contributed by atoms with Gasteiger partial charge in [-0.05, 0) is 36.0 Å². The molecule has 20 heavy (non-hydrogen) atoms. The molecule has 0 radical (unpaired) electrons. The van der Waals surface area contributed by atoms with Crippen molar-refractivity contribution in [2.75, 3.05) is 11.2 Å². The van der Waals surface area contributed by atoms with E-state index < -0.39 is 7.05 Å². The predicted octanol–water partition coefficient (Wildman–Crippen LogP) is 2.60. The molecule has 0 fully saturated rings. The smallest absolute Gasteiger partial charge is 0.427 e. The molecule has 0 saturated heterocycles. The van der Waals surface area contributed by atoms with E-state index in [4.69, 9.17) is 11.6 Å². The fourth-order valence-corrected chi connectivity index (χ4v) is 2.87. The summed E-state index contributed by atoms with van der Waals surface area (Å²) in [7, 11) is -0.828. The molecule has 1 aliphatic rings. The zero-order chi connectivity index (χ0) is 14.1. The maximum absolute atomic E-state index is 10.5. The van der Waals surface area contributed by atoms with Crippen LogP contribution in [0.25, 0.3) is 0 Å². The Balaban J connectivity index is 2.02. The Morgan fingerprint density at radius 2 is 2.05 bits per heavy atom. The fraction of sp³-hybridized carbons (Fsp3) is 0.0714. The number of rotatable bonds is 2. The lowest BCUT2D eigenvalue weighted by Gasteiger charge is -2.27.